The zero-order valence-electron chi connectivity index (χ0n) is 8.42. The van der Waals surface area contributed by atoms with Gasteiger partial charge in [0.05, 0.1) is 13.0 Å². The van der Waals surface area contributed by atoms with Crippen LogP contribution >= 0.6 is 0 Å². The first kappa shape index (κ1) is 11.5. The fourth-order valence-electron chi connectivity index (χ4n) is 1.02. The summed E-state index contributed by atoms with van der Waals surface area (Å²) < 4.78 is 17.9. The summed E-state index contributed by atoms with van der Waals surface area (Å²) in [5.41, 5.74) is 4.91. The van der Waals surface area contributed by atoms with Gasteiger partial charge in [-0.15, -0.1) is 0 Å². The van der Waals surface area contributed by atoms with Crippen molar-refractivity contribution in [2.45, 2.75) is 6.42 Å². The van der Waals surface area contributed by atoms with E-state index in [1.165, 1.54) is 12.1 Å². The predicted molar refractivity (Wildman–Crippen MR) is 53.7 cm³/mol. The molecule has 0 aromatic heterocycles. The predicted octanol–water partition coefficient (Wildman–Crippen LogP) is 0.845. The molecule has 0 atom stereocenters. The molecular formula is C10H13FN2O2. The molecule has 0 unspecified atom stereocenters. The first-order valence-electron chi connectivity index (χ1n) is 4.56. The van der Waals surface area contributed by atoms with E-state index >= 15 is 0 Å². The van der Waals surface area contributed by atoms with E-state index in [2.05, 4.69) is 10.9 Å². The first-order valence-corrected chi connectivity index (χ1v) is 4.56. The number of halogens is 1. The fourth-order valence-corrected chi connectivity index (χ4v) is 1.02. The molecule has 5 heteroatoms. The molecule has 2 N–H and O–H groups in total. The molecule has 0 spiro atoms. The van der Waals surface area contributed by atoms with Crippen LogP contribution in [0.15, 0.2) is 24.3 Å². The Bertz CT molecular complexity index is 331. The lowest BCUT2D eigenvalue weighted by atomic mass is 10.3. The van der Waals surface area contributed by atoms with Crippen molar-refractivity contribution < 1.29 is 13.9 Å². The molecule has 0 saturated carbocycles. The third-order valence-corrected chi connectivity index (χ3v) is 1.66. The molecule has 0 aliphatic carbocycles. The maximum atomic E-state index is 12.7. The van der Waals surface area contributed by atoms with Crippen LogP contribution in [0.5, 0.6) is 5.75 Å². The van der Waals surface area contributed by atoms with Crippen LogP contribution in [-0.4, -0.2) is 19.6 Å². The molecule has 0 fully saturated rings. The summed E-state index contributed by atoms with van der Waals surface area (Å²) >= 11 is 0. The SMILES string of the molecule is CNNC(=O)CCOc1cccc(F)c1. The molecule has 1 amide bonds. The Balaban J connectivity index is 2.28. The Morgan fingerprint density at radius 3 is 3.00 bits per heavy atom. The minimum atomic E-state index is -0.354. The van der Waals surface area contributed by atoms with Crippen molar-refractivity contribution in [3.05, 3.63) is 30.1 Å². The number of nitrogens with one attached hydrogen (secondary N) is 2. The highest BCUT2D eigenvalue weighted by Crippen LogP contribution is 2.11. The number of carbonyl (C=O) groups is 1. The molecule has 1 aromatic rings. The summed E-state index contributed by atoms with van der Waals surface area (Å²) in [7, 11) is 1.60. The first-order chi connectivity index (χ1) is 7.22. The average molecular weight is 212 g/mol. The molecule has 1 rings (SSSR count). The molecule has 4 nitrogen and oxygen atoms in total. The maximum Gasteiger partial charge on any atom is 0.237 e. The van der Waals surface area contributed by atoms with Gasteiger partial charge in [0.2, 0.25) is 5.91 Å². The van der Waals surface area contributed by atoms with Gasteiger partial charge in [0.15, 0.2) is 0 Å². The summed E-state index contributed by atoms with van der Waals surface area (Å²) in [5.74, 6) is -0.103. The topological polar surface area (TPSA) is 50.4 Å². The average Bonchev–Trinajstić information content (AvgIpc) is 2.18. The third kappa shape index (κ3) is 4.42. The summed E-state index contributed by atoms with van der Waals surface area (Å²) in [6.45, 7) is 0.219. The van der Waals surface area contributed by atoms with E-state index in [1.54, 1.807) is 19.2 Å². The van der Waals surface area contributed by atoms with Crippen LogP contribution in [0.2, 0.25) is 0 Å². The maximum absolute atomic E-state index is 12.7. The van der Waals surface area contributed by atoms with Crippen molar-refractivity contribution in [2.24, 2.45) is 0 Å². The number of ether oxygens (including phenoxy) is 1. The molecular weight excluding hydrogens is 199 g/mol. The van der Waals surface area contributed by atoms with E-state index in [-0.39, 0.29) is 24.8 Å². The largest absolute Gasteiger partial charge is 0.493 e. The molecule has 1 aromatic carbocycles. The highest BCUT2D eigenvalue weighted by molar-refractivity contribution is 5.75. The van der Waals surface area contributed by atoms with E-state index in [0.717, 1.165) is 0 Å². The van der Waals surface area contributed by atoms with Gasteiger partial charge in [0.25, 0.3) is 0 Å². The van der Waals surface area contributed by atoms with Crippen LogP contribution in [0.4, 0.5) is 4.39 Å². The van der Waals surface area contributed by atoms with E-state index < -0.39 is 0 Å². The molecule has 0 aliphatic heterocycles. The number of benzene rings is 1. The lowest BCUT2D eigenvalue weighted by molar-refractivity contribution is -0.122. The smallest absolute Gasteiger partial charge is 0.237 e. The van der Waals surface area contributed by atoms with Gasteiger partial charge in [-0.05, 0) is 12.1 Å². The second-order valence-corrected chi connectivity index (χ2v) is 2.85. The van der Waals surface area contributed by atoms with E-state index in [4.69, 9.17) is 4.74 Å². The van der Waals surface area contributed by atoms with Crippen molar-refractivity contribution in [3.63, 3.8) is 0 Å². The van der Waals surface area contributed by atoms with Gasteiger partial charge in [-0.3, -0.25) is 10.2 Å². The van der Waals surface area contributed by atoms with E-state index in [0.29, 0.717) is 5.75 Å². The summed E-state index contributed by atoms with van der Waals surface area (Å²) in [5, 5.41) is 0. The minimum absolute atomic E-state index is 0.172. The highest BCUT2D eigenvalue weighted by Gasteiger charge is 2.00. The summed E-state index contributed by atoms with van der Waals surface area (Å²) in [6.07, 6.45) is 0.220. The standard InChI is InChI=1S/C10H13FN2O2/c1-12-13-10(14)5-6-15-9-4-2-3-8(11)7-9/h2-4,7,12H,5-6H2,1H3,(H,13,14). The lowest BCUT2D eigenvalue weighted by Crippen LogP contribution is -2.34. The Labute approximate surface area is 87.4 Å². The van der Waals surface area contributed by atoms with Crippen molar-refractivity contribution in [1.29, 1.82) is 0 Å². The van der Waals surface area contributed by atoms with Gasteiger partial charge in [-0.1, -0.05) is 6.07 Å². The monoisotopic (exact) mass is 212 g/mol. The minimum Gasteiger partial charge on any atom is -0.493 e. The number of hydrogen-bond acceptors (Lipinski definition) is 3. The Hall–Kier alpha value is -1.62. The third-order valence-electron chi connectivity index (χ3n) is 1.66. The number of rotatable bonds is 5. The van der Waals surface area contributed by atoms with Crippen LogP contribution < -0.4 is 15.6 Å². The molecule has 0 aliphatic rings. The van der Waals surface area contributed by atoms with Gasteiger partial charge >= 0.3 is 0 Å². The van der Waals surface area contributed by atoms with Crippen molar-refractivity contribution in [3.8, 4) is 5.75 Å². The number of hydrogen-bond donors (Lipinski definition) is 2. The molecule has 0 saturated heterocycles. The molecule has 15 heavy (non-hydrogen) atoms. The van der Waals surface area contributed by atoms with E-state index in [9.17, 15) is 9.18 Å². The zero-order chi connectivity index (χ0) is 11.1. The number of amides is 1. The van der Waals surface area contributed by atoms with Gasteiger partial charge in [0.1, 0.15) is 11.6 Å². The molecule has 0 radical (unpaired) electrons. The number of carbonyl (C=O) groups excluding carboxylic acids is 1. The van der Waals surface area contributed by atoms with Gasteiger partial charge in [-0.25, -0.2) is 9.82 Å². The van der Waals surface area contributed by atoms with Crippen LogP contribution in [0.3, 0.4) is 0 Å². The second-order valence-electron chi connectivity index (χ2n) is 2.85. The van der Waals surface area contributed by atoms with Crippen LogP contribution in [0, 0.1) is 5.82 Å². The summed E-state index contributed by atoms with van der Waals surface area (Å²) in [4.78, 5) is 11.0. The van der Waals surface area contributed by atoms with E-state index in [1.807, 2.05) is 0 Å². The Morgan fingerprint density at radius 1 is 1.53 bits per heavy atom. The molecule has 82 valence electrons. The Morgan fingerprint density at radius 2 is 2.33 bits per heavy atom. The molecule has 0 heterocycles. The number of hydrazine groups is 1. The zero-order valence-corrected chi connectivity index (χ0v) is 8.42. The quantitative estimate of drug-likeness (QED) is 0.711. The highest BCUT2D eigenvalue weighted by atomic mass is 19.1. The van der Waals surface area contributed by atoms with Crippen LogP contribution in [-0.2, 0) is 4.79 Å². The van der Waals surface area contributed by atoms with Crippen molar-refractivity contribution in [2.75, 3.05) is 13.7 Å². The van der Waals surface area contributed by atoms with Crippen LogP contribution in [0.1, 0.15) is 6.42 Å². The lowest BCUT2D eigenvalue weighted by Gasteiger charge is -2.06. The van der Waals surface area contributed by atoms with Gasteiger partial charge in [-0.2, -0.15) is 0 Å². The van der Waals surface area contributed by atoms with Gasteiger partial charge < -0.3 is 4.74 Å². The second kappa shape index (κ2) is 5.98. The van der Waals surface area contributed by atoms with Crippen molar-refractivity contribution >= 4 is 5.91 Å². The summed E-state index contributed by atoms with van der Waals surface area (Å²) in [6, 6.07) is 5.80. The van der Waals surface area contributed by atoms with Crippen molar-refractivity contribution in [1.82, 2.24) is 10.9 Å². The van der Waals surface area contributed by atoms with Gasteiger partial charge in [0, 0.05) is 13.1 Å². The Kier molecular flexibility index (Phi) is 4.56. The van der Waals surface area contributed by atoms with Crippen LogP contribution in [0.25, 0.3) is 0 Å². The molecule has 0 bridgehead atoms. The fraction of sp³-hybridized carbons (Fsp3) is 0.300. The normalized spacial score (nSPS) is 9.73.